The molecule has 1 aromatic heterocycles. The predicted octanol–water partition coefficient (Wildman–Crippen LogP) is 5.28. The summed E-state index contributed by atoms with van der Waals surface area (Å²) in [6.45, 7) is 4.70. The summed E-state index contributed by atoms with van der Waals surface area (Å²) in [5, 5.41) is 22.9. The van der Waals surface area contributed by atoms with Gasteiger partial charge in [0.15, 0.2) is 17.4 Å². The number of nitro groups is 1. The van der Waals surface area contributed by atoms with Crippen LogP contribution in [0.25, 0.3) is 5.57 Å². The average Bonchev–Trinajstić information content (AvgIpc) is 2.76. The molecule has 0 radical (unpaired) electrons. The molecule has 0 spiro atoms. The van der Waals surface area contributed by atoms with Crippen LogP contribution >= 0.6 is 0 Å². The Bertz CT molecular complexity index is 1260. The third-order valence-electron chi connectivity index (χ3n) is 4.30. The smallest absolute Gasteiger partial charge is 0.311 e. The van der Waals surface area contributed by atoms with Crippen molar-refractivity contribution in [3.8, 4) is 17.7 Å². The van der Waals surface area contributed by atoms with Crippen molar-refractivity contribution < 1.29 is 23.2 Å². The first-order chi connectivity index (χ1) is 15.2. The Labute approximate surface area is 180 Å². The standard InChI is InChI=1S/C22H14F2N4O4/c1-12(13(2)29)15-9-17(23)21(18(24)10-15)32-20-8-7-19(28(30)31)22(27-20)26-16-5-3-14(11-25)4-6-16/h3-10H,1H2,2H3,(H,26,27). The second-order valence-corrected chi connectivity index (χ2v) is 6.49. The number of carbonyl (C=O) groups excluding carboxylic acids is 1. The lowest BCUT2D eigenvalue weighted by Crippen LogP contribution is -2.03. The van der Waals surface area contributed by atoms with Crippen LogP contribution in [0.1, 0.15) is 18.1 Å². The van der Waals surface area contributed by atoms with Gasteiger partial charge in [-0.15, -0.1) is 0 Å². The number of nitrogens with zero attached hydrogens (tertiary/aromatic N) is 3. The highest BCUT2D eigenvalue weighted by atomic mass is 19.1. The van der Waals surface area contributed by atoms with Gasteiger partial charge in [-0.1, -0.05) is 6.58 Å². The molecule has 0 fully saturated rings. The number of rotatable bonds is 7. The van der Waals surface area contributed by atoms with E-state index in [-0.39, 0.29) is 22.8 Å². The summed E-state index contributed by atoms with van der Waals surface area (Å²) < 4.78 is 34.1. The van der Waals surface area contributed by atoms with E-state index in [1.165, 1.54) is 31.2 Å². The average molecular weight is 436 g/mol. The van der Waals surface area contributed by atoms with Gasteiger partial charge in [-0.3, -0.25) is 14.9 Å². The van der Waals surface area contributed by atoms with Crippen LogP contribution in [0.4, 0.5) is 26.0 Å². The summed E-state index contributed by atoms with van der Waals surface area (Å²) in [5.41, 5.74) is 0.255. The number of anilines is 2. The molecule has 3 aromatic rings. The van der Waals surface area contributed by atoms with E-state index in [2.05, 4.69) is 16.9 Å². The molecule has 0 bridgehead atoms. The van der Waals surface area contributed by atoms with Gasteiger partial charge in [0, 0.05) is 23.4 Å². The number of ether oxygens (including phenoxy) is 1. The Hall–Kier alpha value is -4.65. The van der Waals surface area contributed by atoms with Crippen LogP contribution < -0.4 is 10.1 Å². The van der Waals surface area contributed by atoms with Gasteiger partial charge in [-0.05, 0) is 48.9 Å². The number of Topliss-reactive ketones (excluding diaryl/α,β-unsaturated/α-hetero) is 1. The highest BCUT2D eigenvalue weighted by Gasteiger charge is 2.20. The third-order valence-corrected chi connectivity index (χ3v) is 4.30. The van der Waals surface area contributed by atoms with E-state index in [0.717, 1.165) is 24.3 Å². The minimum atomic E-state index is -1.11. The second kappa shape index (κ2) is 9.01. The molecule has 8 nitrogen and oxygen atoms in total. The normalized spacial score (nSPS) is 10.2. The number of halogens is 2. The van der Waals surface area contributed by atoms with Gasteiger partial charge >= 0.3 is 5.69 Å². The minimum Gasteiger partial charge on any atom is -0.433 e. The fourth-order valence-corrected chi connectivity index (χ4v) is 2.63. The van der Waals surface area contributed by atoms with Crippen LogP contribution in [0.2, 0.25) is 0 Å². The van der Waals surface area contributed by atoms with Crippen molar-refractivity contribution in [2.75, 3.05) is 5.32 Å². The molecule has 0 atom stereocenters. The number of hydrogen-bond acceptors (Lipinski definition) is 7. The van der Waals surface area contributed by atoms with Crippen LogP contribution in [-0.4, -0.2) is 15.7 Å². The Morgan fingerprint density at radius 2 is 1.81 bits per heavy atom. The number of allylic oxidation sites excluding steroid dienone is 1. The summed E-state index contributed by atoms with van der Waals surface area (Å²) in [7, 11) is 0. The van der Waals surface area contributed by atoms with Crippen molar-refractivity contribution in [3.63, 3.8) is 0 Å². The number of nitrogens with one attached hydrogen (secondary N) is 1. The molecule has 3 rings (SSSR count). The Morgan fingerprint density at radius 3 is 2.34 bits per heavy atom. The Balaban J connectivity index is 1.94. The fourth-order valence-electron chi connectivity index (χ4n) is 2.63. The lowest BCUT2D eigenvalue weighted by atomic mass is 10.0. The molecule has 1 heterocycles. The number of ketones is 1. The van der Waals surface area contributed by atoms with E-state index < -0.39 is 33.8 Å². The molecule has 2 aromatic carbocycles. The monoisotopic (exact) mass is 436 g/mol. The Morgan fingerprint density at radius 1 is 1.19 bits per heavy atom. The maximum absolute atomic E-state index is 14.5. The molecule has 1 N–H and O–H groups in total. The number of benzene rings is 2. The highest BCUT2D eigenvalue weighted by molar-refractivity contribution is 6.18. The summed E-state index contributed by atoms with van der Waals surface area (Å²) in [6.07, 6.45) is 0. The van der Waals surface area contributed by atoms with Crippen molar-refractivity contribution in [2.45, 2.75) is 6.92 Å². The van der Waals surface area contributed by atoms with E-state index in [0.29, 0.717) is 11.3 Å². The number of hydrogen-bond donors (Lipinski definition) is 1. The zero-order valence-corrected chi connectivity index (χ0v) is 16.6. The first-order valence-corrected chi connectivity index (χ1v) is 8.99. The van der Waals surface area contributed by atoms with Crippen molar-refractivity contribution in [2.24, 2.45) is 0 Å². The Kier molecular flexibility index (Phi) is 6.21. The van der Waals surface area contributed by atoms with E-state index in [4.69, 9.17) is 10.00 Å². The maximum atomic E-state index is 14.5. The fraction of sp³-hybridized carbons (Fsp3) is 0.0455. The van der Waals surface area contributed by atoms with Gasteiger partial charge in [0.1, 0.15) is 0 Å². The number of carbonyl (C=O) groups is 1. The second-order valence-electron chi connectivity index (χ2n) is 6.49. The molecule has 0 amide bonds. The van der Waals surface area contributed by atoms with Crippen LogP contribution in [0, 0.1) is 33.1 Å². The molecule has 0 aliphatic carbocycles. The van der Waals surface area contributed by atoms with E-state index >= 15 is 0 Å². The molecule has 0 aliphatic rings. The van der Waals surface area contributed by atoms with Crippen LogP contribution in [0.5, 0.6) is 11.6 Å². The van der Waals surface area contributed by atoms with Gasteiger partial charge < -0.3 is 10.1 Å². The number of aromatic nitrogens is 1. The zero-order valence-electron chi connectivity index (χ0n) is 16.6. The SMILES string of the molecule is C=C(C(C)=O)c1cc(F)c(Oc2ccc([N+](=O)[O-])c(Nc3ccc(C#N)cc3)n2)c(F)c1. The van der Waals surface area contributed by atoms with Crippen LogP contribution in [0.3, 0.4) is 0 Å². The van der Waals surface area contributed by atoms with Crippen LogP contribution in [-0.2, 0) is 4.79 Å². The van der Waals surface area contributed by atoms with E-state index in [9.17, 15) is 23.7 Å². The number of nitriles is 1. The molecule has 10 heteroatoms. The largest absolute Gasteiger partial charge is 0.433 e. The van der Waals surface area contributed by atoms with Gasteiger partial charge in [0.05, 0.1) is 16.6 Å². The molecule has 0 saturated heterocycles. The van der Waals surface area contributed by atoms with Gasteiger partial charge in [-0.25, -0.2) is 8.78 Å². The lowest BCUT2D eigenvalue weighted by molar-refractivity contribution is -0.384. The van der Waals surface area contributed by atoms with E-state index in [1.54, 1.807) is 0 Å². The molecular formula is C22H14F2N4O4. The third kappa shape index (κ3) is 4.73. The van der Waals surface area contributed by atoms with Crippen molar-refractivity contribution in [1.82, 2.24) is 4.98 Å². The molecular weight excluding hydrogens is 422 g/mol. The van der Waals surface area contributed by atoms with E-state index in [1.807, 2.05) is 6.07 Å². The summed E-state index contributed by atoms with van der Waals surface area (Å²) in [6, 6.07) is 11.9. The lowest BCUT2D eigenvalue weighted by Gasteiger charge is -2.11. The number of pyridine rings is 1. The van der Waals surface area contributed by atoms with Gasteiger partial charge in [-0.2, -0.15) is 10.2 Å². The topological polar surface area (TPSA) is 118 Å². The van der Waals surface area contributed by atoms with Crippen molar-refractivity contribution in [3.05, 3.63) is 88.0 Å². The first kappa shape index (κ1) is 22.0. The van der Waals surface area contributed by atoms with Crippen molar-refractivity contribution in [1.29, 1.82) is 5.26 Å². The first-order valence-electron chi connectivity index (χ1n) is 8.99. The molecule has 0 unspecified atom stereocenters. The molecule has 0 aliphatic heterocycles. The minimum absolute atomic E-state index is 0.0420. The predicted molar refractivity (Wildman–Crippen MR) is 111 cm³/mol. The quantitative estimate of drug-likeness (QED) is 0.304. The molecule has 32 heavy (non-hydrogen) atoms. The molecule has 0 saturated carbocycles. The van der Waals surface area contributed by atoms with Gasteiger partial charge in [0.2, 0.25) is 17.4 Å². The van der Waals surface area contributed by atoms with Crippen molar-refractivity contribution >= 4 is 28.5 Å². The van der Waals surface area contributed by atoms with Gasteiger partial charge in [0.25, 0.3) is 0 Å². The zero-order chi connectivity index (χ0) is 23.4. The highest BCUT2D eigenvalue weighted by Crippen LogP contribution is 2.33. The summed E-state index contributed by atoms with van der Waals surface area (Å²) >= 11 is 0. The summed E-state index contributed by atoms with van der Waals surface area (Å²) in [5.74, 6) is -4.01. The van der Waals surface area contributed by atoms with Crippen LogP contribution in [0.15, 0.2) is 55.1 Å². The maximum Gasteiger partial charge on any atom is 0.311 e. The summed E-state index contributed by atoms with van der Waals surface area (Å²) in [4.78, 5) is 26.0. The molecule has 160 valence electrons.